The van der Waals surface area contributed by atoms with E-state index < -0.39 is 29.2 Å². The molecule has 14 heavy (non-hydrogen) atoms. The second-order valence-electron chi connectivity index (χ2n) is 2.30. The van der Waals surface area contributed by atoms with Gasteiger partial charge in [-0.2, -0.15) is 8.78 Å². The zero-order valence-electron chi connectivity index (χ0n) is 6.67. The van der Waals surface area contributed by atoms with Crippen LogP contribution in [0.25, 0.3) is 0 Å². The number of hydrogen-bond donors (Lipinski definition) is 0. The molecule has 0 amide bonds. The van der Waals surface area contributed by atoms with E-state index >= 15 is 0 Å². The van der Waals surface area contributed by atoms with Crippen molar-refractivity contribution in [2.45, 2.75) is 5.92 Å². The first-order chi connectivity index (χ1) is 6.50. The van der Waals surface area contributed by atoms with Gasteiger partial charge in [-0.15, -0.1) is 11.3 Å². The summed E-state index contributed by atoms with van der Waals surface area (Å²) in [6.45, 7) is -1.72. The fraction of sp³-hybridized carbons (Fsp3) is 0.286. The second-order valence-corrected chi connectivity index (χ2v) is 3.19. The summed E-state index contributed by atoms with van der Waals surface area (Å²) < 4.78 is 37.8. The van der Waals surface area contributed by atoms with Gasteiger partial charge < -0.3 is 0 Å². The first kappa shape index (κ1) is 10.8. The number of carbonyl (C=O) groups excluding carboxylic acids is 2. The van der Waals surface area contributed by atoms with Crippen molar-refractivity contribution in [3.8, 4) is 0 Å². The van der Waals surface area contributed by atoms with Crippen molar-refractivity contribution >= 4 is 22.9 Å². The number of nitrogens with zero attached hydrogens (tertiary/aromatic N) is 1. The minimum atomic E-state index is -4.02. The van der Waals surface area contributed by atoms with Crippen LogP contribution in [0.3, 0.4) is 0 Å². The summed E-state index contributed by atoms with van der Waals surface area (Å²) in [4.78, 5) is 24.3. The molecule has 0 aromatic carbocycles. The number of ketones is 2. The fourth-order valence-electron chi connectivity index (χ4n) is 0.711. The monoisotopic (exact) mass is 223 g/mol. The lowest BCUT2D eigenvalue weighted by atomic mass is 10.1. The van der Waals surface area contributed by atoms with Crippen molar-refractivity contribution in [1.29, 1.82) is 0 Å². The topological polar surface area (TPSA) is 47.0 Å². The van der Waals surface area contributed by atoms with Crippen LogP contribution in [-0.2, 0) is 15.5 Å². The van der Waals surface area contributed by atoms with Crippen molar-refractivity contribution < 1.29 is 22.8 Å². The van der Waals surface area contributed by atoms with E-state index in [0.29, 0.717) is 11.3 Å². The summed E-state index contributed by atoms with van der Waals surface area (Å²) in [6.07, 6.45) is 1.07. The Morgan fingerprint density at radius 2 is 2.14 bits per heavy atom. The van der Waals surface area contributed by atoms with Crippen LogP contribution in [0.1, 0.15) is 5.01 Å². The second kappa shape index (κ2) is 3.87. The maximum atomic E-state index is 13.0. The Morgan fingerprint density at radius 3 is 2.57 bits per heavy atom. The number of aromatic nitrogens is 1. The molecule has 0 unspecified atom stereocenters. The molecule has 1 rings (SSSR count). The van der Waals surface area contributed by atoms with Gasteiger partial charge in [-0.1, -0.05) is 0 Å². The van der Waals surface area contributed by atoms with Crippen LogP contribution in [0.4, 0.5) is 13.2 Å². The van der Waals surface area contributed by atoms with Gasteiger partial charge in [-0.3, -0.25) is 9.59 Å². The van der Waals surface area contributed by atoms with Crippen molar-refractivity contribution in [3.05, 3.63) is 16.6 Å². The van der Waals surface area contributed by atoms with Crippen LogP contribution in [0.15, 0.2) is 11.6 Å². The molecule has 1 aromatic heterocycles. The third-order valence-electron chi connectivity index (χ3n) is 1.36. The first-order valence-electron chi connectivity index (χ1n) is 3.41. The van der Waals surface area contributed by atoms with Gasteiger partial charge in [0.25, 0.3) is 5.78 Å². The van der Waals surface area contributed by atoms with E-state index in [4.69, 9.17) is 0 Å². The third kappa shape index (κ3) is 1.82. The minimum absolute atomic E-state index is 0.529. The first-order valence-corrected chi connectivity index (χ1v) is 4.29. The molecule has 0 spiro atoms. The molecule has 7 heteroatoms. The van der Waals surface area contributed by atoms with Gasteiger partial charge in [0, 0.05) is 11.6 Å². The Balaban J connectivity index is 2.96. The maximum Gasteiger partial charge on any atom is 0.363 e. The molecular weight excluding hydrogens is 219 g/mol. The highest BCUT2D eigenvalue weighted by Gasteiger charge is 2.46. The normalized spacial score (nSPS) is 11.4. The molecular formula is C7H4F3NO2S. The molecule has 0 aliphatic carbocycles. The predicted molar refractivity (Wildman–Crippen MR) is 42.0 cm³/mol. The highest BCUT2D eigenvalue weighted by molar-refractivity contribution is 7.09. The van der Waals surface area contributed by atoms with E-state index in [1.54, 1.807) is 0 Å². The largest absolute Gasteiger partial charge is 0.363 e. The predicted octanol–water partition coefficient (Wildman–Crippen LogP) is 1.34. The summed E-state index contributed by atoms with van der Waals surface area (Å²) in [6, 6.07) is 0. The Kier molecular flexibility index (Phi) is 3.00. The Morgan fingerprint density at radius 1 is 1.50 bits per heavy atom. The quantitative estimate of drug-likeness (QED) is 0.723. The summed E-state index contributed by atoms with van der Waals surface area (Å²) in [5.41, 5.74) is 0. The lowest BCUT2D eigenvalue weighted by Crippen LogP contribution is -2.33. The van der Waals surface area contributed by atoms with Crippen molar-refractivity contribution in [1.82, 2.24) is 4.98 Å². The molecule has 3 nitrogen and oxygen atoms in total. The smallest absolute Gasteiger partial charge is 0.288 e. The summed E-state index contributed by atoms with van der Waals surface area (Å²) in [5.74, 6) is -7.82. The van der Waals surface area contributed by atoms with E-state index in [0.717, 1.165) is 6.20 Å². The van der Waals surface area contributed by atoms with Crippen LogP contribution in [0.5, 0.6) is 0 Å². The van der Waals surface area contributed by atoms with Crippen LogP contribution >= 0.6 is 11.3 Å². The maximum absolute atomic E-state index is 13.0. The highest BCUT2D eigenvalue weighted by atomic mass is 32.1. The molecule has 1 heterocycles. The average Bonchev–Trinajstić information content (AvgIpc) is 2.68. The molecule has 1 aromatic rings. The molecule has 0 N–H and O–H groups in total. The Bertz CT molecular complexity index is 350. The summed E-state index contributed by atoms with van der Waals surface area (Å²) in [7, 11) is 0. The van der Waals surface area contributed by atoms with E-state index in [9.17, 15) is 22.8 Å². The fourth-order valence-corrected chi connectivity index (χ4v) is 1.32. The van der Waals surface area contributed by atoms with Crippen LogP contribution < -0.4 is 0 Å². The van der Waals surface area contributed by atoms with Gasteiger partial charge in [0.2, 0.25) is 5.78 Å². The number of Topliss-reactive ketones (excluding diaryl/α,β-unsaturated/α-hetero) is 2. The van der Waals surface area contributed by atoms with Gasteiger partial charge in [-0.05, 0) is 0 Å². The van der Waals surface area contributed by atoms with Crippen LogP contribution in [-0.4, -0.2) is 23.2 Å². The molecule has 0 aliphatic rings. The van der Waals surface area contributed by atoms with Gasteiger partial charge in [0.15, 0.2) is 11.7 Å². The van der Waals surface area contributed by atoms with Crippen LogP contribution in [0, 0.1) is 0 Å². The molecule has 0 saturated carbocycles. The van der Waals surface area contributed by atoms with Gasteiger partial charge in [0.05, 0.1) is 0 Å². The van der Waals surface area contributed by atoms with Gasteiger partial charge >= 0.3 is 5.92 Å². The van der Waals surface area contributed by atoms with E-state index in [1.807, 2.05) is 0 Å². The standard InChI is InChI=1S/C7H4F3NO2S/c8-3-4(12)5(13)7(9,10)6-11-1-2-14-6/h1-2H,3H2. The highest BCUT2D eigenvalue weighted by Crippen LogP contribution is 2.30. The number of hydrogen-bond acceptors (Lipinski definition) is 4. The average molecular weight is 223 g/mol. The Hall–Kier alpha value is -1.24. The summed E-state index contributed by atoms with van der Waals surface area (Å²) >= 11 is 0.529. The molecule has 0 aliphatic heterocycles. The Labute approximate surface area is 80.6 Å². The molecule has 0 atom stereocenters. The molecule has 0 bridgehead atoms. The number of rotatable bonds is 4. The number of carbonyl (C=O) groups is 2. The van der Waals surface area contributed by atoms with Gasteiger partial charge in [-0.25, -0.2) is 9.37 Å². The summed E-state index contributed by atoms with van der Waals surface area (Å²) in [5, 5.41) is 0.431. The van der Waals surface area contributed by atoms with Crippen molar-refractivity contribution in [2.24, 2.45) is 0 Å². The SMILES string of the molecule is O=C(CF)C(=O)C(F)(F)c1nccs1. The van der Waals surface area contributed by atoms with Crippen molar-refractivity contribution in [3.63, 3.8) is 0 Å². The van der Waals surface area contributed by atoms with Crippen molar-refractivity contribution in [2.75, 3.05) is 6.67 Å². The molecule has 76 valence electrons. The molecule has 0 fully saturated rings. The minimum Gasteiger partial charge on any atom is -0.288 e. The van der Waals surface area contributed by atoms with Crippen LogP contribution in [0.2, 0.25) is 0 Å². The lowest BCUT2D eigenvalue weighted by Gasteiger charge is -2.09. The number of alkyl halides is 3. The zero-order valence-corrected chi connectivity index (χ0v) is 7.48. The zero-order chi connectivity index (χ0) is 10.8. The van der Waals surface area contributed by atoms with E-state index in [-0.39, 0.29) is 0 Å². The lowest BCUT2D eigenvalue weighted by molar-refractivity contribution is -0.154. The molecule has 0 saturated heterocycles. The third-order valence-corrected chi connectivity index (χ3v) is 2.20. The number of thiazole rings is 1. The number of halogens is 3. The van der Waals surface area contributed by atoms with Gasteiger partial charge in [0.1, 0.15) is 0 Å². The van der Waals surface area contributed by atoms with E-state index in [1.165, 1.54) is 5.38 Å². The van der Waals surface area contributed by atoms with E-state index in [2.05, 4.69) is 4.98 Å². The molecule has 0 radical (unpaired) electrons.